The molecule has 1 N–H and O–H groups in total. The van der Waals surface area contributed by atoms with Crippen LogP contribution in [0.5, 0.6) is 5.75 Å². The minimum absolute atomic E-state index is 0.0668. The number of hydrogen-bond donors (Lipinski definition) is 1. The van der Waals surface area contributed by atoms with Crippen LogP contribution in [0.15, 0.2) is 60.0 Å². The van der Waals surface area contributed by atoms with E-state index in [-0.39, 0.29) is 23.8 Å². The number of aryl methyl sites for hydroxylation is 1. The zero-order chi connectivity index (χ0) is 23.9. The standard InChI is InChI=1S/C27H31N3O3S/c1-3-25(20-7-5-4-6-8-20)27(32)30-15-13-22(14-16-30)29-26(31)21-9-11-24(12-10-21)33-17-23-18-34-19(2)28-23/h4-12,18,22,25H,3,13-17H2,1-2H3,(H,29,31). The highest BCUT2D eigenvalue weighted by atomic mass is 32.1. The van der Waals surface area contributed by atoms with Crippen molar-refractivity contribution in [3.8, 4) is 5.75 Å². The summed E-state index contributed by atoms with van der Waals surface area (Å²) in [4.78, 5) is 32.1. The van der Waals surface area contributed by atoms with Gasteiger partial charge in [-0.05, 0) is 56.0 Å². The zero-order valence-electron chi connectivity index (χ0n) is 19.7. The normalized spacial score (nSPS) is 15.1. The van der Waals surface area contributed by atoms with Crippen LogP contribution >= 0.6 is 11.3 Å². The van der Waals surface area contributed by atoms with Crippen molar-refractivity contribution in [3.05, 3.63) is 81.8 Å². The van der Waals surface area contributed by atoms with Gasteiger partial charge in [-0.3, -0.25) is 9.59 Å². The Morgan fingerprint density at radius 2 is 1.82 bits per heavy atom. The summed E-state index contributed by atoms with van der Waals surface area (Å²) in [7, 11) is 0. The van der Waals surface area contributed by atoms with Gasteiger partial charge in [0.15, 0.2) is 0 Å². The molecule has 34 heavy (non-hydrogen) atoms. The average Bonchev–Trinajstić information content (AvgIpc) is 3.29. The molecule has 6 nitrogen and oxygen atoms in total. The molecule has 1 atom stereocenters. The Bertz CT molecular complexity index is 1090. The lowest BCUT2D eigenvalue weighted by atomic mass is 9.93. The van der Waals surface area contributed by atoms with E-state index in [0.29, 0.717) is 31.0 Å². The van der Waals surface area contributed by atoms with E-state index in [1.807, 2.05) is 59.7 Å². The Hall–Kier alpha value is -3.19. The van der Waals surface area contributed by atoms with Crippen LogP contribution in [0.25, 0.3) is 0 Å². The molecule has 1 aromatic heterocycles. The van der Waals surface area contributed by atoms with Gasteiger partial charge in [-0.25, -0.2) is 4.98 Å². The lowest BCUT2D eigenvalue weighted by Crippen LogP contribution is -2.47. The molecule has 0 saturated carbocycles. The van der Waals surface area contributed by atoms with Crippen molar-refractivity contribution in [3.63, 3.8) is 0 Å². The Morgan fingerprint density at radius 3 is 2.44 bits per heavy atom. The molecular formula is C27H31N3O3S. The molecule has 1 aliphatic heterocycles. The number of rotatable bonds is 8. The van der Waals surface area contributed by atoms with Crippen LogP contribution in [0, 0.1) is 6.92 Å². The van der Waals surface area contributed by atoms with Gasteiger partial charge in [-0.15, -0.1) is 11.3 Å². The number of likely N-dealkylation sites (tertiary alicyclic amines) is 1. The van der Waals surface area contributed by atoms with Gasteiger partial charge in [0.1, 0.15) is 12.4 Å². The van der Waals surface area contributed by atoms with Gasteiger partial charge in [-0.1, -0.05) is 37.3 Å². The molecular weight excluding hydrogens is 446 g/mol. The van der Waals surface area contributed by atoms with Crippen LogP contribution in [0.4, 0.5) is 0 Å². The number of carbonyl (C=O) groups is 2. The van der Waals surface area contributed by atoms with Gasteiger partial charge >= 0.3 is 0 Å². The number of hydrogen-bond acceptors (Lipinski definition) is 5. The Labute approximate surface area is 205 Å². The first-order valence-electron chi connectivity index (χ1n) is 11.8. The maximum Gasteiger partial charge on any atom is 0.251 e. The highest BCUT2D eigenvalue weighted by Crippen LogP contribution is 2.24. The van der Waals surface area contributed by atoms with Crippen molar-refractivity contribution >= 4 is 23.2 Å². The highest BCUT2D eigenvalue weighted by molar-refractivity contribution is 7.09. The number of carbonyl (C=O) groups excluding carboxylic acids is 2. The van der Waals surface area contributed by atoms with Crippen molar-refractivity contribution in [1.82, 2.24) is 15.2 Å². The van der Waals surface area contributed by atoms with Crippen LogP contribution in [0.3, 0.4) is 0 Å². The van der Waals surface area contributed by atoms with Crippen molar-refractivity contribution in [2.24, 2.45) is 0 Å². The van der Waals surface area contributed by atoms with Gasteiger partial charge in [0.05, 0.1) is 16.6 Å². The third-order valence-electron chi connectivity index (χ3n) is 6.22. The number of amides is 2. The number of nitrogens with zero attached hydrogens (tertiary/aromatic N) is 2. The summed E-state index contributed by atoms with van der Waals surface area (Å²) in [6.07, 6.45) is 2.30. The van der Waals surface area contributed by atoms with E-state index in [9.17, 15) is 9.59 Å². The van der Waals surface area contributed by atoms with E-state index in [2.05, 4.69) is 17.2 Å². The predicted molar refractivity (Wildman–Crippen MR) is 134 cm³/mol. The quantitative estimate of drug-likeness (QED) is 0.499. The Kier molecular flexibility index (Phi) is 7.95. The molecule has 1 fully saturated rings. The first-order valence-corrected chi connectivity index (χ1v) is 12.7. The second kappa shape index (κ2) is 11.3. The maximum absolute atomic E-state index is 13.1. The number of piperidine rings is 1. The van der Waals surface area contributed by atoms with Gasteiger partial charge < -0.3 is 15.0 Å². The predicted octanol–water partition coefficient (Wildman–Crippen LogP) is 4.95. The van der Waals surface area contributed by atoms with Gasteiger partial charge in [-0.2, -0.15) is 0 Å². The van der Waals surface area contributed by atoms with Crippen LogP contribution < -0.4 is 10.1 Å². The van der Waals surface area contributed by atoms with Crippen molar-refractivity contribution in [2.45, 2.75) is 51.7 Å². The first-order chi connectivity index (χ1) is 16.5. The summed E-state index contributed by atoms with van der Waals surface area (Å²) >= 11 is 1.60. The van der Waals surface area contributed by atoms with Crippen LogP contribution in [0.1, 0.15) is 58.7 Å². The first kappa shape index (κ1) is 24.0. The SMILES string of the molecule is CCC(C(=O)N1CCC(NC(=O)c2ccc(OCc3csc(C)n3)cc2)CC1)c1ccccc1. The van der Waals surface area contributed by atoms with Crippen LogP contribution in [0.2, 0.25) is 0 Å². The minimum Gasteiger partial charge on any atom is -0.487 e. The fourth-order valence-electron chi connectivity index (χ4n) is 4.31. The molecule has 0 radical (unpaired) electrons. The lowest BCUT2D eigenvalue weighted by Gasteiger charge is -2.34. The fraction of sp³-hybridized carbons (Fsp3) is 0.370. The molecule has 2 aromatic carbocycles. The molecule has 1 aliphatic rings. The fourth-order valence-corrected chi connectivity index (χ4v) is 4.90. The molecule has 178 valence electrons. The second-order valence-electron chi connectivity index (χ2n) is 8.62. The summed E-state index contributed by atoms with van der Waals surface area (Å²) in [6.45, 7) is 5.76. The molecule has 2 amide bonds. The van der Waals surface area contributed by atoms with Gasteiger partial charge in [0, 0.05) is 30.1 Å². The minimum atomic E-state index is -0.104. The summed E-state index contributed by atoms with van der Waals surface area (Å²) in [5.74, 6) is 0.689. The molecule has 0 aliphatic carbocycles. The number of nitrogens with one attached hydrogen (secondary N) is 1. The molecule has 0 spiro atoms. The van der Waals surface area contributed by atoms with Gasteiger partial charge in [0.25, 0.3) is 5.91 Å². The molecule has 1 saturated heterocycles. The van der Waals surface area contributed by atoms with E-state index in [1.54, 1.807) is 23.5 Å². The van der Waals surface area contributed by atoms with E-state index in [1.165, 1.54) is 0 Å². The summed E-state index contributed by atoms with van der Waals surface area (Å²) in [6, 6.07) is 17.2. The second-order valence-corrected chi connectivity index (χ2v) is 9.68. The summed E-state index contributed by atoms with van der Waals surface area (Å²) in [5, 5.41) is 6.13. The summed E-state index contributed by atoms with van der Waals surface area (Å²) < 4.78 is 5.76. The molecule has 7 heteroatoms. The van der Waals surface area contributed by atoms with E-state index in [4.69, 9.17) is 4.74 Å². The average molecular weight is 478 g/mol. The van der Waals surface area contributed by atoms with E-state index < -0.39 is 0 Å². The molecule has 1 unspecified atom stereocenters. The third-order valence-corrected chi connectivity index (χ3v) is 7.04. The molecule has 2 heterocycles. The topological polar surface area (TPSA) is 71.5 Å². The monoisotopic (exact) mass is 477 g/mol. The number of ether oxygens (including phenoxy) is 1. The van der Waals surface area contributed by atoms with Crippen LogP contribution in [-0.4, -0.2) is 40.8 Å². The lowest BCUT2D eigenvalue weighted by molar-refractivity contribution is -0.134. The maximum atomic E-state index is 13.1. The molecule has 0 bridgehead atoms. The zero-order valence-corrected chi connectivity index (χ0v) is 20.5. The van der Waals surface area contributed by atoms with E-state index in [0.717, 1.165) is 35.5 Å². The number of aromatic nitrogens is 1. The number of thiazole rings is 1. The number of benzene rings is 2. The van der Waals surface area contributed by atoms with Crippen molar-refractivity contribution < 1.29 is 14.3 Å². The summed E-state index contributed by atoms with van der Waals surface area (Å²) in [5.41, 5.74) is 2.58. The van der Waals surface area contributed by atoms with Crippen LogP contribution in [-0.2, 0) is 11.4 Å². The molecule has 3 aromatic rings. The largest absolute Gasteiger partial charge is 0.487 e. The Balaban J connectivity index is 1.25. The van der Waals surface area contributed by atoms with E-state index >= 15 is 0 Å². The third kappa shape index (κ3) is 6.03. The Morgan fingerprint density at radius 1 is 1.12 bits per heavy atom. The highest BCUT2D eigenvalue weighted by Gasteiger charge is 2.28. The van der Waals surface area contributed by atoms with Crippen molar-refractivity contribution in [2.75, 3.05) is 13.1 Å². The van der Waals surface area contributed by atoms with Gasteiger partial charge in [0.2, 0.25) is 5.91 Å². The smallest absolute Gasteiger partial charge is 0.251 e. The molecule has 4 rings (SSSR count). The van der Waals surface area contributed by atoms with Crippen molar-refractivity contribution in [1.29, 1.82) is 0 Å².